The zero-order valence-corrected chi connectivity index (χ0v) is 15.5. The first kappa shape index (κ1) is 17.7. The summed E-state index contributed by atoms with van der Waals surface area (Å²) in [5.41, 5.74) is 2.39. The van der Waals surface area contributed by atoms with Gasteiger partial charge in [-0.05, 0) is 24.6 Å². The molecule has 2 heterocycles. The number of aromatic nitrogens is 3. The van der Waals surface area contributed by atoms with Gasteiger partial charge in [-0.25, -0.2) is 4.68 Å². The van der Waals surface area contributed by atoms with Crippen molar-refractivity contribution in [3.8, 4) is 17.1 Å². The molecule has 2 N–H and O–H groups in total. The molecule has 142 valence electrons. The number of nitrogens with one attached hydrogen (secondary N) is 2. The van der Waals surface area contributed by atoms with E-state index in [0.29, 0.717) is 23.2 Å². The normalized spacial score (nSPS) is 15.1. The molecule has 0 aliphatic carbocycles. The number of aryl methyl sites for hydroxylation is 1. The maximum Gasteiger partial charge on any atom is 0.252 e. The third-order valence-corrected chi connectivity index (χ3v) is 4.50. The van der Waals surface area contributed by atoms with Crippen molar-refractivity contribution in [3.05, 3.63) is 54.1 Å². The summed E-state index contributed by atoms with van der Waals surface area (Å²) in [4.78, 5) is 29.2. The van der Waals surface area contributed by atoms with Crippen LogP contribution in [0.3, 0.4) is 0 Å². The lowest BCUT2D eigenvalue weighted by atomic mass is 10.1. The molecular formula is C20H19N5O3. The average molecular weight is 377 g/mol. The van der Waals surface area contributed by atoms with E-state index < -0.39 is 6.04 Å². The quantitative estimate of drug-likeness (QED) is 0.712. The van der Waals surface area contributed by atoms with Crippen molar-refractivity contribution in [2.75, 3.05) is 17.7 Å². The van der Waals surface area contributed by atoms with Crippen LogP contribution in [0, 0.1) is 6.92 Å². The molecule has 3 aromatic rings. The number of benzene rings is 2. The molecule has 2 amide bonds. The summed E-state index contributed by atoms with van der Waals surface area (Å²) >= 11 is 0. The van der Waals surface area contributed by atoms with Crippen molar-refractivity contribution in [1.29, 1.82) is 0 Å². The fourth-order valence-electron chi connectivity index (χ4n) is 3.12. The van der Waals surface area contributed by atoms with E-state index in [1.54, 1.807) is 6.07 Å². The first-order valence-electron chi connectivity index (χ1n) is 8.82. The van der Waals surface area contributed by atoms with Gasteiger partial charge in [0, 0.05) is 5.56 Å². The molecule has 8 heteroatoms. The monoisotopic (exact) mass is 377 g/mol. The Hall–Kier alpha value is -3.68. The van der Waals surface area contributed by atoms with E-state index in [-0.39, 0.29) is 18.2 Å². The van der Waals surface area contributed by atoms with Gasteiger partial charge in [0.05, 0.1) is 19.2 Å². The van der Waals surface area contributed by atoms with Gasteiger partial charge in [0.1, 0.15) is 11.8 Å². The minimum absolute atomic E-state index is 0.0620. The molecule has 1 aliphatic rings. The van der Waals surface area contributed by atoms with Gasteiger partial charge in [-0.15, -0.1) is 5.10 Å². The molecule has 1 aliphatic heterocycles. The number of anilines is 2. The van der Waals surface area contributed by atoms with Gasteiger partial charge in [0.2, 0.25) is 11.9 Å². The summed E-state index contributed by atoms with van der Waals surface area (Å²) in [6.45, 7) is 1.92. The van der Waals surface area contributed by atoms with Gasteiger partial charge in [-0.2, -0.15) is 4.98 Å². The Morgan fingerprint density at radius 2 is 2.04 bits per heavy atom. The molecule has 4 rings (SSSR count). The van der Waals surface area contributed by atoms with Crippen LogP contribution >= 0.6 is 0 Å². The second-order valence-corrected chi connectivity index (χ2v) is 6.53. The van der Waals surface area contributed by atoms with Crippen LogP contribution in [0.5, 0.6) is 5.75 Å². The number of hydrogen-bond acceptors (Lipinski definition) is 5. The summed E-state index contributed by atoms with van der Waals surface area (Å²) in [6, 6.07) is 14.2. The lowest BCUT2D eigenvalue weighted by Crippen LogP contribution is -2.24. The van der Waals surface area contributed by atoms with E-state index in [2.05, 4.69) is 20.7 Å². The highest BCUT2D eigenvalue weighted by Crippen LogP contribution is 2.30. The summed E-state index contributed by atoms with van der Waals surface area (Å²) in [6.07, 6.45) is -0.0620. The van der Waals surface area contributed by atoms with Crippen LogP contribution in [0.4, 0.5) is 11.6 Å². The van der Waals surface area contributed by atoms with Crippen LogP contribution < -0.4 is 15.4 Å². The molecular weight excluding hydrogens is 358 g/mol. The highest BCUT2D eigenvalue weighted by molar-refractivity contribution is 6.01. The molecule has 28 heavy (non-hydrogen) atoms. The van der Waals surface area contributed by atoms with E-state index in [9.17, 15) is 9.59 Å². The number of ether oxygens (including phenoxy) is 1. The van der Waals surface area contributed by atoms with E-state index in [1.807, 2.05) is 49.4 Å². The first-order chi connectivity index (χ1) is 13.5. The van der Waals surface area contributed by atoms with Crippen LogP contribution in [-0.2, 0) is 9.59 Å². The van der Waals surface area contributed by atoms with Gasteiger partial charge >= 0.3 is 0 Å². The topological polar surface area (TPSA) is 98.1 Å². The zero-order chi connectivity index (χ0) is 19.7. The Balaban J connectivity index is 1.53. The summed E-state index contributed by atoms with van der Waals surface area (Å²) < 4.78 is 6.75. The fraction of sp³-hybridized carbons (Fsp3) is 0.200. The number of carbonyl (C=O) groups excluding carboxylic acids is 2. The Labute approximate surface area is 161 Å². The Bertz CT molecular complexity index is 1050. The molecule has 0 saturated carbocycles. The summed E-state index contributed by atoms with van der Waals surface area (Å²) in [5, 5.41) is 9.92. The van der Waals surface area contributed by atoms with Gasteiger partial charge in [0.25, 0.3) is 5.91 Å². The average Bonchev–Trinajstić information content (AvgIpc) is 3.21. The largest absolute Gasteiger partial charge is 0.495 e. The molecule has 0 radical (unpaired) electrons. The van der Waals surface area contributed by atoms with Crippen molar-refractivity contribution in [3.63, 3.8) is 0 Å². The Morgan fingerprint density at radius 1 is 1.25 bits per heavy atom. The molecule has 8 nitrogen and oxygen atoms in total. The number of nitrogens with zero attached hydrogens (tertiary/aromatic N) is 3. The van der Waals surface area contributed by atoms with Gasteiger partial charge < -0.3 is 10.1 Å². The van der Waals surface area contributed by atoms with Crippen molar-refractivity contribution in [2.45, 2.75) is 19.4 Å². The number of carbonyl (C=O) groups is 2. The second-order valence-electron chi connectivity index (χ2n) is 6.53. The molecule has 1 aromatic heterocycles. The van der Waals surface area contributed by atoms with Crippen LogP contribution in [0.1, 0.15) is 18.0 Å². The Morgan fingerprint density at radius 3 is 2.79 bits per heavy atom. The first-order valence-corrected chi connectivity index (χ1v) is 8.82. The van der Waals surface area contributed by atoms with Crippen LogP contribution in [0.2, 0.25) is 0 Å². The van der Waals surface area contributed by atoms with Crippen molar-refractivity contribution in [1.82, 2.24) is 14.8 Å². The van der Waals surface area contributed by atoms with Crippen molar-refractivity contribution in [2.24, 2.45) is 0 Å². The van der Waals surface area contributed by atoms with Gasteiger partial charge in [-0.3, -0.25) is 14.9 Å². The zero-order valence-electron chi connectivity index (χ0n) is 15.5. The predicted molar refractivity (Wildman–Crippen MR) is 104 cm³/mol. The maximum atomic E-state index is 12.6. The second kappa shape index (κ2) is 7.15. The van der Waals surface area contributed by atoms with Crippen LogP contribution in [0.15, 0.2) is 48.5 Å². The Kier molecular flexibility index (Phi) is 4.52. The molecule has 2 aromatic carbocycles. The smallest absolute Gasteiger partial charge is 0.252 e. The number of hydrogen-bond donors (Lipinski definition) is 2. The van der Waals surface area contributed by atoms with Crippen molar-refractivity contribution >= 4 is 23.5 Å². The van der Waals surface area contributed by atoms with Crippen LogP contribution in [0.25, 0.3) is 11.4 Å². The highest BCUT2D eigenvalue weighted by Gasteiger charge is 2.35. The van der Waals surface area contributed by atoms with E-state index >= 15 is 0 Å². The van der Waals surface area contributed by atoms with E-state index in [4.69, 9.17) is 4.74 Å². The highest BCUT2D eigenvalue weighted by atomic mass is 16.5. The molecule has 0 spiro atoms. The number of amides is 2. The third-order valence-electron chi connectivity index (χ3n) is 4.50. The predicted octanol–water partition coefficient (Wildman–Crippen LogP) is 2.78. The minimum Gasteiger partial charge on any atom is -0.495 e. The fourth-order valence-corrected chi connectivity index (χ4v) is 3.12. The van der Waals surface area contributed by atoms with Gasteiger partial charge in [0.15, 0.2) is 5.82 Å². The lowest BCUT2D eigenvalue weighted by Gasteiger charge is -2.13. The molecule has 0 unspecified atom stereocenters. The standard InChI is InChI=1S/C20H19N5O3/c1-12-8-9-16(28-2)14(10-12)21-17(26)11-15-19(27)23-20-22-18(24-25(15)20)13-6-4-3-5-7-13/h3-10,15H,11H2,1-2H3,(H,21,26)(H,22,23,24,27)/t15-/m0/s1. The molecule has 0 saturated heterocycles. The molecule has 1 atom stereocenters. The summed E-state index contributed by atoms with van der Waals surface area (Å²) in [7, 11) is 1.54. The molecule has 0 fully saturated rings. The van der Waals surface area contributed by atoms with E-state index in [0.717, 1.165) is 11.1 Å². The number of fused-ring (bicyclic) bond motifs is 1. The third kappa shape index (κ3) is 3.32. The number of methoxy groups -OCH3 is 1. The lowest BCUT2D eigenvalue weighted by molar-refractivity contribution is -0.123. The molecule has 0 bridgehead atoms. The number of rotatable bonds is 5. The SMILES string of the molecule is COc1ccc(C)cc1NC(=O)C[C@H]1C(=O)Nc2nc(-c3ccccc3)nn21. The summed E-state index contributed by atoms with van der Waals surface area (Å²) in [5.74, 6) is 0.786. The van der Waals surface area contributed by atoms with E-state index in [1.165, 1.54) is 11.8 Å². The minimum atomic E-state index is -0.754. The van der Waals surface area contributed by atoms with Crippen molar-refractivity contribution < 1.29 is 14.3 Å². The van der Waals surface area contributed by atoms with Gasteiger partial charge in [-0.1, -0.05) is 36.4 Å². The maximum absolute atomic E-state index is 12.6. The van der Waals surface area contributed by atoms with Crippen LogP contribution in [-0.4, -0.2) is 33.7 Å².